The van der Waals surface area contributed by atoms with E-state index in [4.69, 9.17) is 5.11 Å². The van der Waals surface area contributed by atoms with Crippen LogP contribution in [0.4, 0.5) is 19.3 Å². The quantitative estimate of drug-likeness (QED) is 0.873. The Bertz CT molecular complexity index is 551. The van der Waals surface area contributed by atoms with Gasteiger partial charge in [-0.2, -0.15) is 0 Å². The molecule has 0 heterocycles. The van der Waals surface area contributed by atoms with Gasteiger partial charge in [0, 0.05) is 25.7 Å². The van der Waals surface area contributed by atoms with Gasteiger partial charge in [-0.15, -0.1) is 0 Å². The number of hydrogen-bond acceptors (Lipinski definition) is 3. The summed E-state index contributed by atoms with van der Waals surface area (Å²) in [6.45, 7) is 1.36. The summed E-state index contributed by atoms with van der Waals surface area (Å²) in [6.07, 6.45) is 0. The normalized spacial score (nSPS) is 11.7. The molecule has 8 heteroatoms. The number of carboxylic acid groups (broad SMARTS) is 1. The van der Waals surface area contributed by atoms with Crippen molar-refractivity contribution in [1.82, 2.24) is 4.90 Å². The van der Waals surface area contributed by atoms with Crippen LogP contribution in [-0.4, -0.2) is 42.7 Å². The van der Waals surface area contributed by atoms with Gasteiger partial charge in [0.2, 0.25) is 0 Å². The monoisotopic (exact) mass is 302 g/mol. The highest BCUT2D eigenvalue weighted by Gasteiger charge is 2.19. The molecule has 0 fully saturated rings. The Kier molecular flexibility index (Phi) is 5.45. The number of halogens is 2. The maximum absolute atomic E-state index is 13.7. The number of ether oxygens (including phenoxy) is 1. The van der Waals surface area contributed by atoms with Crippen molar-refractivity contribution >= 4 is 17.7 Å². The van der Waals surface area contributed by atoms with Gasteiger partial charge in [0.1, 0.15) is 0 Å². The molecule has 0 spiro atoms. The second-order valence-corrected chi connectivity index (χ2v) is 4.52. The van der Waals surface area contributed by atoms with Crippen molar-refractivity contribution in [1.29, 1.82) is 0 Å². The number of rotatable bonds is 5. The number of hydrogen-bond donors (Lipinski definition) is 2. The third kappa shape index (κ3) is 4.30. The van der Waals surface area contributed by atoms with Crippen LogP contribution in [0.25, 0.3) is 0 Å². The van der Waals surface area contributed by atoms with Gasteiger partial charge in [0.25, 0.3) is 0 Å². The Balaban J connectivity index is 2.79. The van der Waals surface area contributed by atoms with Gasteiger partial charge >= 0.3 is 12.0 Å². The number of methoxy groups -OCH3 is 1. The van der Waals surface area contributed by atoms with Gasteiger partial charge in [0.05, 0.1) is 18.7 Å². The summed E-state index contributed by atoms with van der Waals surface area (Å²) in [4.78, 5) is 23.6. The van der Waals surface area contributed by atoms with Gasteiger partial charge in [-0.3, -0.25) is 4.79 Å². The van der Waals surface area contributed by atoms with Gasteiger partial charge in [0.15, 0.2) is 17.4 Å². The lowest BCUT2D eigenvalue weighted by Gasteiger charge is -2.20. The molecule has 1 aromatic carbocycles. The van der Waals surface area contributed by atoms with E-state index in [1.54, 1.807) is 0 Å². The summed E-state index contributed by atoms with van der Waals surface area (Å²) >= 11 is 0. The lowest BCUT2D eigenvalue weighted by molar-refractivity contribution is -0.141. The van der Waals surface area contributed by atoms with Crippen molar-refractivity contribution in [2.75, 3.05) is 26.0 Å². The summed E-state index contributed by atoms with van der Waals surface area (Å²) in [6, 6.07) is 0.859. The van der Waals surface area contributed by atoms with E-state index in [1.807, 2.05) is 0 Å². The molecule has 0 aliphatic carbocycles. The Morgan fingerprint density at radius 2 is 2.00 bits per heavy atom. The van der Waals surface area contributed by atoms with Crippen LogP contribution in [0, 0.1) is 17.6 Å². The molecular weight excluding hydrogens is 286 g/mol. The number of carboxylic acids is 1. The SMILES string of the molecule is COc1cc(F)c(NC(=O)N(C)CC(C)C(=O)O)cc1F. The first kappa shape index (κ1) is 16.7. The highest BCUT2D eigenvalue weighted by molar-refractivity contribution is 5.89. The molecule has 2 N–H and O–H groups in total. The van der Waals surface area contributed by atoms with E-state index < -0.39 is 29.6 Å². The van der Waals surface area contributed by atoms with Crippen LogP contribution in [0.2, 0.25) is 0 Å². The number of benzene rings is 1. The molecule has 0 aliphatic heterocycles. The first-order valence-electron chi connectivity index (χ1n) is 6.04. The molecule has 1 aromatic rings. The molecular formula is C13H16F2N2O4. The lowest BCUT2D eigenvalue weighted by atomic mass is 10.2. The molecule has 1 rings (SSSR count). The van der Waals surface area contributed by atoms with Crippen molar-refractivity contribution in [3.63, 3.8) is 0 Å². The predicted octanol–water partition coefficient (Wildman–Crippen LogP) is 2.16. The van der Waals surface area contributed by atoms with Crippen molar-refractivity contribution in [3.05, 3.63) is 23.8 Å². The summed E-state index contributed by atoms with van der Waals surface area (Å²) in [5.74, 6) is -3.80. The Morgan fingerprint density at radius 1 is 1.38 bits per heavy atom. The number of nitrogens with one attached hydrogen (secondary N) is 1. The van der Waals surface area contributed by atoms with Crippen LogP contribution in [0.3, 0.4) is 0 Å². The van der Waals surface area contributed by atoms with Crippen molar-refractivity contribution < 1.29 is 28.2 Å². The first-order chi connectivity index (χ1) is 9.76. The number of urea groups is 1. The minimum absolute atomic E-state index is 0.0680. The first-order valence-corrected chi connectivity index (χ1v) is 6.04. The number of carbonyl (C=O) groups is 2. The highest BCUT2D eigenvalue weighted by atomic mass is 19.1. The highest BCUT2D eigenvalue weighted by Crippen LogP contribution is 2.24. The summed E-state index contributed by atoms with van der Waals surface area (Å²) < 4.78 is 31.7. The zero-order valence-electron chi connectivity index (χ0n) is 11.8. The third-order valence-corrected chi connectivity index (χ3v) is 2.80. The molecule has 2 amide bonds. The van der Waals surface area contributed by atoms with Gasteiger partial charge in [-0.25, -0.2) is 13.6 Å². The molecule has 0 bridgehead atoms. The molecule has 0 saturated carbocycles. The van der Waals surface area contributed by atoms with E-state index in [1.165, 1.54) is 21.1 Å². The molecule has 0 aromatic heterocycles. The van der Waals surface area contributed by atoms with Crippen LogP contribution in [0.15, 0.2) is 12.1 Å². The fourth-order valence-electron chi connectivity index (χ4n) is 1.56. The molecule has 0 radical (unpaired) electrons. The van der Waals surface area contributed by atoms with E-state index in [0.717, 1.165) is 17.0 Å². The topological polar surface area (TPSA) is 78.9 Å². The number of anilines is 1. The number of carbonyl (C=O) groups excluding carboxylic acids is 1. The molecule has 0 saturated heterocycles. The molecule has 1 unspecified atom stereocenters. The van der Waals surface area contributed by atoms with Crippen molar-refractivity contribution in [3.8, 4) is 5.75 Å². The summed E-state index contributed by atoms with van der Waals surface area (Å²) in [5.41, 5.74) is -0.354. The van der Waals surface area contributed by atoms with E-state index in [2.05, 4.69) is 10.1 Å². The molecule has 6 nitrogen and oxygen atoms in total. The second-order valence-electron chi connectivity index (χ2n) is 4.52. The molecule has 116 valence electrons. The van der Waals surface area contributed by atoms with Crippen molar-refractivity contribution in [2.24, 2.45) is 5.92 Å². The predicted molar refractivity (Wildman–Crippen MR) is 71.4 cm³/mol. The summed E-state index contributed by atoms with van der Waals surface area (Å²) in [5, 5.41) is 10.9. The average molecular weight is 302 g/mol. The fourth-order valence-corrected chi connectivity index (χ4v) is 1.56. The molecule has 21 heavy (non-hydrogen) atoms. The van der Waals surface area contributed by atoms with E-state index in [0.29, 0.717) is 0 Å². The lowest BCUT2D eigenvalue weighted by Crippen LogP contribution is -2.36. The zero-order valence-corrected chi connectivity index (χ0v) is 11.8. The van der Waals surface area contributed by atoms with Crippen LogP contribution < -0.4 is 10.1 Å². The zero-order chi connectivity index (χ0) is 16.2. The smallest absolute Gasteiger partial charge is 0.321 e. The number of aliphatic carboxylic acids is 1. The Labute approximate surface area is 120 Å². The van der Waals surface area contributed by atoms with E-state index in [-0.39, 0.29) is 18.0 Å². The van der Waals surface area contributed by atoms with Crippen molar-refractivity contribution in [2.45, 2.75) is 6.92 Å². The van der Waals surface area contributed by atoms with Crippen LogP contribution in [-0.2, 0) is 4.79 Å². The van der Waals surface area contributed by atoms with E-state index in [9.17, 15) is 18.4 Å². The summed E-state index contributed by atoms with van der Waals surface area (Å²) in [7, 11) is 2.55. The maximum Gasteiger partial charge on any atom is 0.321 e. The minimum Gasteiger partial charge on any atom is -0.494 e. The minimum atomic E-state index is -1.06. The number of amides is 2. The van der Waals surface area contributed by atoms with Crippen LogP contribution in [0.5, 0.6) is 5.75 Å². The standard InChI is InChI=1S/C13H16F2N2O4/c1-7(12(18)19)6-17(2)13(20)16-10-4-9(15)11(21-3)5-8(10)14/h4-5,7H,6H2,1-3H3,(H,16,20)(H,18,19). The van der Waals surface area contributed by atoms with Crippen LogP contribution in [0.1, 0.15) is 6.92 Å². The molecule has 0 aliphatic rings. The second kappa shape index (κ2) is 6.87. The Morgan fingerprint density at radius 3 is 2.52 bits per heavy atom. The largest absolute Gasteiger partial charge is 0.494 e. The van der Waals surface area contributed by atoms with Gasteiger partial charge in [-0.05, 0) is 0 Å². The van der Waals surface area contributed by atoms with Gasteiger partial charge < -0.3 is 20.1 Å². The van der Waals surface area contributed by atoms with Crippen LogP contribution >= 0.6 is 0 Å². The van der Waals surface area contributed by atoms with E-state index >= 15 is 0 Å². The molecule has 1 atom stereocenters. The number of nitrogens with zero attached hydrogens (tertiary/aromatic N) is 1. The fraction of sp³-hybridized carbons (Fsp3) is 0.385. The maximum atomic E-state index is 13.7. The Hall–Kier alpha value is -2.38. The van der Waals surface area contributed by atoms with Gasteiger partial charge in [-0.1, -0.05) is 6.92 Å². The average Bonchev–Trinajstić information content (AvgIpc) is 2.41. The third-order valence-electron chi connectivity index (χ3n) is 2.80.